The summed E-state index contributed by atoms with van der Waals surface area (Å²) < 4.78 is 11.5. The number of pyridine rings is 3. The third-order valence-corrected chi connectivity index (χ3v) is 4.50. The van der Waals surface area contributed by atoms with Crippen molar-refractivity contribution in [2.45, 2.75) is 33.3 Å². The highest BCUT2D eigenvalue weighted by atomic mass is 16.6. The quantitative estimate of drug-likeness (QED) is 0.657. The van der Waals surface area contributed by atoms with Gasteiger partial charge in [0.05, 0.1) is 23.6 Å². The van der Waals surface area contributed by atoms with Gasteiger partial charge in [0.1, 0.15) is 12.2 Å². The van der Waals surface area contributed by atoms with E-state index in [0.717, 1.165) is 11.4 Å². The van der Waals surface area contributed by atoms with Gasteiger partial charge in [0.2, 0.25) is 0 Å². The van der Waals surface area contributed by atoms with Crippen molar-refractivity contribution >= 4 is 23.3 Å². The van der Waals surface area contributed by atoms with Crippen LogP contribution in [0.2, 0.25) is 0 Å². The summed E-state index contributed by atoms with van der Waals surface area (Å²) in [5.74, 6) is 0.892. The monoisotopic (exact) mass is 419 g/mol. The van der Waals surface area contributed by atoms with E-state index in [-0.39, 0.29) is 0 Å². The Hall–Kier alpha value is -3.68. The Balaban J connectivity index is 1.82. The molecule has 0 atom stereocenters. The second-order valence-corrected chi connectivity index (χ2v) is 8.21. The number of carbonyl (C=O) groups excluding carboxylic acids is 1. The van der Waals surface area contributed by atoms with E-state index in [4.69, 9.17) is 14.5 Å². The highest BCUT2D eigenvalue weighted by Crippen LogP contribution is 2.41. The van der Waals surface area contributed by atoms with Crippen LogP contribution in [0.25, 0.3) is 11.4 Å². The van der Waals surface area contributed by atoms with Gasteiger partial charge in [-0.05, 0) is 58.0 Å². The SMILES string of the molecule is Cc1cccc(-c2cc(Nc3ccncc3)c3c(n2)N(C(=O)OC(C)(C)C)CCO3)n1. The lowest BCUT2D eigenvalue weighted by atomic mass is 10.2. The minimum absolute atomic E-state index is 0.334. The molecule has 0 saturated heterocycles. The molecule has 0 spiro atoms. The molecule has 0 unspecified atom stereocenters. The number of anilines is 3. The minimum atomic E-state index is -0.622. The Kier molecular flexibility index (Phi) is 5.46. The number of carbonyl (C=O) groups is 1. The van der Waals surface area contributed by atoms with Crippen molar-refractivity contribution in [3.8, 4) is 17.1 Å². The Morgan fingerprint density at radius 2 is 1.90 bits per heavy atom. The lowest BCUT2D eigenvalue weighted by Crippen LogP contribution is -2.42. The summed E-state index contributed by atoms with van der Waals surface area (Å²) in [5.41, 5.74) is 3.10. The third-order valence-electron chi connectivity index (χ3n) is 4.50. The van der Waals surface area contributed by atoms with Crippen LogP contribution in [0.1, 0.15) is 26.5 Å². The molecule has 0 fully saturated rings. The number of rotatable bonds is 3. The molecule has 4 rings (SSSR count). The fourth-order valence-electron chi connectivity index (χ4n) is 3.19. The molecule has 0 bridgehead atoms. The van der Waals surface area contributed by atoms with E-state index in [0.29, 0.717) is 41.8 Å². The van der Waals surface area contributed by atoms with Crippen molar-refractivity contribution in [3.63, 3.8) is 0 Å². The zero-order chi connectivity index (χ0) is 22.0. The predicted molar refractivity (Wildman–Crippen MR) is 119 cm³/mol. The van der Waals surface area contributed by atoms with Crippen LogP contribution >= 0.6 is 0 Å². The maximum Gasteiger partial charge on any atom is 0.416 e. The van der Waals surface area contributed by atoms with Gasteiger partial charge < -0.3 is 14.8 Å². The molecule has 0 saturated carbocycles. The molecule has 4 heterocycles. The minimum Gasteiger partial charge on any atom is -0.486 e. The average molecular weight is 419 g/mol. The van der Waals surface area contributed by atoms with E-state index in [2.05, 4.69) is 15.3 Å². The van der Waals surface area contributed by atoms with E-state index in [1.807, 2.05) is 64.1 Å². The summed E-state index contributed by atoms with van der Waals surface area (Å²) in [7, 11) is 0. The molecule has 1 N–H and O–H groups in total. The molecule has 1 aliphatic rings. The second-order valence-electron chi connectivity index (χ2n) is 8.21. The van der Waals surface area contributed by atoms with Gasteiger partial charge >= 0.3 is 6.09 Å². The van der Waals surface area contributed by atoms with Crippen LogP contribution in [-0.4, -0.2) is 39.8 Å². The molecule has 0 radical (unpaired) electrons. The molecule has 31 heavy (non-hydrogen) atoms. The van der Waals surface area contributed by atoms with Crippen LogP contribution in [0, 0.1) is 6.92 Å². The first-order chi connectivity index (χ1) is 14.8. The van der Waals surface area contributed by atoms with E-state index < -0.39 is 11.7 Å². The summed E-state index contributed by atoms with van der Waals surface area (Å²) in [6.45, 7) is 8.11. The number of fused-ring (bicyclic) bond motifs is 1. The standard InChI is InChI=1S/C23H25N5O3/c1-15-6-5-7-17(25-15)18-14-19(26-16-8-10-24-11-9-16)20-21(27-18)28(12-13-30-20)22(29)31-23(2,3)4/h5-11,14H,12-13H2,1-4H3,(H,24,26,27). The van der Waals surface area contributed by atoms with Crippen molar-refractivity contribution in [2.24, 2.45) is 0 Å². The zero-order valence-electron chi connectivity index (χ0n) is 18.0. The van der Waals surface area contributed by atoms with Gasteiger partial charge in [-0.1, -0.05) is 6.07 Å². The van der Waals surface area contributed by atoms with Crippen molar-refractivity contribution in [1.82, 2.24) is 15.0 Å². The number of aryl methyl sites for hydroxylation is 1. The number of nitrogens with one attached hydrogen (secondary N) is 1. The number of amides is 1. The van der Waals surface area contributed by atoms with Crippen LogP contribution in [0.5, 0.6) is 5.75 Å². The van der Waals surface area contributed by atoms with Crippen molar-refractivity contribution < 1.29 is 14.3 Å². The summed E-state index contributed by atoms with van der Waals surface area (Å²) in [6, 6.07) is 11.3. The van der Waals surface area contributed by atoms with Crippen LogP contribution in [0.15, 0.2) is 48.8 Å². The van der Waals surface area contributed by atoms with Gasteiger partial charge in [0, 0.05) is 23.8 Å². The fourth-order valence-corrected chi connectivity index (χ4v) is 3.19. The van der Waals surface area contributed by atoms with Gasteiger partial charge in [0.15, 0.2) is 11.6 Å². The van der Waals surface area contributed by atoms with E-state index >= 15 is 0 Å². The maximum atomic E-state index is 12.9. The molecule has 1 amide bonds. The van der Waals surface area contributed by atoms with E-state index in [1.54, 1.807) is 12.4 Å². The molecule has 0 aromatic carbocycles. The molecule has 3 aromatic heterocycles. The smallest absolute Gasteiger partial charge is 0.416 e. The largest absolute Gasteiger partial charge is 0.486 e. The summed E-state index contributed by atoms with van der Waals surface area (Å²) in [5, 5.41) is 3.35. The van der Waals surface area contributed by atoms with Gasteiger partial charge in [-0.25, -0.2) is 9.78 Å². The first kappa shape index (κ1) is 20.6. The van der Waals surface area contributed by atoms with Gasteiger partial charge in [-0.15, -0.1) is 0 Å². The first-order valence-corrected chi connectivity index (χ1v) is 10.1. The zero-order valence-corrected chi connectivity index (χ0v) is 18.0. The van der Waals surface area contributed by atoms with E-state index in [9.17, 15) is 4.79 Å². The van der Waals surface area contributed by atoms with Gasteiger partial charge in [0.25, 0.3) is 0 Å². The van der Waals surface area contributed by atoms with Crippen LogP contribution < -0.4 is 15.0 Å². The number of hydrogen-bond acceptors (Lipinski definition) is 7. The molecule has 160 valence electrons. The number of aromatic nitrogens is 3. The van der Waals surface area contributed by atoms with Crippen LogP contribution in [0.4, 0.5) is 22.0 Å². The molecule has 0 aliphatic carbocycles. The van der Waals surface area contributed by atoms with Crippen molar-refractivity contribution in [2.75, 3.05) is 23.4 Å². The summed E-state index contributed by atoms with van der Waals surface area (Å²) >= 11 is 0. The van der Waals surface area contributed by atoms with Crippen LogP contribution in [-0.2, 0) is 4.74 Å². The van der Waals surface area contributed by atoms with Crippen molar-refractivity contribution in [1.29, 1.82) is 0 Å². The Morgan fingerprint density at radius 3 is 2.61 bits per heavy atom. The summed E-state index contributed by atoms with van der Waals surface area (Å²) in [4.78, 5) is 27.8. The van der Waals surface area contributed by atoms with Crippen molar-refractivity contribution in [3.05, 3.63) is 54.5 Å². The maximum absolute atomic E-state index is 12.9. The Bertz CT molecular complexity index is 1100. The number of nitrogens with zero attached hydrogens (tertiary/aromatic N) is 4. The topological polar surface area (TPSA) is 89.5 Å². The average Bonchev–Trinajstić information content (AvgIpc) is 2.73. The molecule has 8 nitrogen and oxygen atoms in total. The van der Waals surface area contributed by atoms with Gasteiger partial charge in [-0.3, -0.25) is 14.9 Å². The predicted octanol–water partition coefficient (Wildman–Crippen LogP) is 4.72. The van der Waals surface area contributed by atoms with Gasteiger partial charge in [-0.2, -0.15) is 0 Å². The molecule has 8 heteroatoms. The number of ether oxygens (including phenoxy) is 2. The fraction of sp³-hybridized carbons (Fsp3) is 0.304. The third kappa shape index (κ3) is 4.74. The molecular formula is C23H25N5O3. The first-order valence-electron chi connectivity index (χ1n) is 10.1. The highest BCUT2D eigenvalue weighted by Gasteiger charge is 2.32. The summed E-state index contributed by atoms with van der Waals surface area (Å²) in [6.07, 6.45) is 2.94. The Labute approximate surface area is 181 Å². The molecular weight excluding hydrogens is 394 g/mol. The lowest BCUT2D eigenvalue weighted by Gasteiger charge is -2.32. The van der Waals surface area contributed by atoms with E-state index in [1.165, 1.54) is 4.90 Å². The van der Waals surface area contributed by atoms with Crippen LogP contribution in [0.3, 0.4) is 0 Å². The normalized spacial score (nSPS) is 13.2. The highest BCUT2D eigenvalue weighted by molar-refractivity contribution is 5.92. The number of hydrogen-bond donors (Lipinski definition) is 1. The molecule has 1 aliphatic heterocycles. The second kappa shape index (κ2) is 8.22. The lowest BCUT2D eigenvalue weighted by molar-refractivity contribution is 0.0566. The Morgan fingerprint density at radius 1 is 1.13 bits per heavy atom. The molecule has 3 aromatic rings.